The zero-order valence-corrected chi connectivity index (χ0v) is 15.6. The van der Waals surface area contributed by atoms with Crippen molar-refractivity contribution in [3.63, 3.8) is 0 Å². The average molecular weight is 355 g/mol. The Hall–Kier alpha value is -1.88. The molecule has 1 aliphatic carbocycles. The van der Waals surface area contributed by atoms with Crippen LogP contribution in [0.2, 0.25) is 0 Å². The second kappa shape index (κ2) is 7.16. The van der Waals surface area contributed by atoms with Crippen molar-refractivity contribution < 1.29 is 0 Å². The number of pyridine rings is 1. The molecule has 5 heteroatoms. The molecule has 4 nitrogen and oxygen atoms in total. The average Bonchev–Trinajstić information content (AvgIpc) is 3.36. The van der Waals surface area contributed by atoms with Gasteiger partial charge in [0.25, 0.3) is 0 Å². The van der Waals surface area contributed by atoms with Crippen LogP contribution >= 0.6 is 12.2 Å². The summed E-state index contributed by atoms with van der Waals surface area (Å²) in [5.41, 5.74) is 2.39. The van der Waals surface area contributed by atoms with Crippen LogP contribution in [-0.4, -0.2) is 26.1 Å². The van der Waals surface area contributed by atoms with E-state index >= 15 is 0 Å². The van der Waals surface area contributed by atoms with Gasteiger partial charge in [0.15, 0.2) is 5.11 Å². The lowest BCUT2D eigenvalue weighted by atomic mass is 9.99. The van der Waals surface area contributed by atoms with Crippen LogP contribution in [0.1, 0.15) is 68.4 Å². The summed E-state index contributed by atoms with van der Waals surface area (Å²) in [6.07, 6.45) is 12.9. The predicted molar refractivity (Wildman–Crippen MR) is 104 cm³/mol. The molecule has 0 radical (unpaired) electrons. The molecule has 132 valence electrons. The van der Waals surface area contributed by atoms with E-state index in [1.165, 1.54) is 31.2 Å². The van der Waals surface area contributed by atoms with Crippen LogP contribution in [-0.2, 0) is 0 Å². The second-order valence-corrected chi connectivity index (χ2v) is 7.54. The van der Waals surface area contributed by atoms with Crippen LogP contribution in [0.15, 0.2) is 42.9 Å². The summed E-state index contributed by atoms with van der Waals surface area (Å²) in [4.78, 5) is 6.93. The summed E-state index contributed by atoms with van der Waals surface area (Å²) in [5.74, 6) is 0. The molecule has 1 aliphatic heterocycles. The van der Waals surface area contributed by atoms with Crippen molar-refractivity contribution >= 4 is 17.3 Å². The van der Waals surface area contributed by atoms with Crippen molar-refractivity contribution in [3.8, 4) is 0 Å². The number of rotatable bonds is 5. The van der Waals surface area contributed by atoms with E-state index in [1.54, 1.807) is 0 Å². The topological polar surface area (TPSA) is 33.1 Å². The molecule has 2 aliphatic rings. The molecule has 0 unspecified atom stereocenters. The number of aromatic nitrogens is 2. The van der Waals surface area contributed by atoms with Crippen LogP contribution in [0.4, 0.5) is 0 Å². The van der Waals surface area contributed by atoms with Gasteiger partial charge in [-0.1, -0.05) is 25.8 Å². The lowest BCUT2D eigenvalue weighted by Gasteiger charge is -2.26. The Morgan fingerprint density at radius 3 is 2.80 bits per heavy atom. The third kappa shape index (κ3) is 3.17. The Morgan fingerprint density at radius 2 is 2.08 bits per heavy atom. The smallest absolute Gasteiger partial charge is 0.170 e. The van der Waals surface area contributed by atoms with Crippen LogP contribution in [0, 0.1) is 0 Å². The van der Waals surface area contributed by atoms with E-state index in [1.807, 2.05) is 12.3 Å². The quantitative estimate of drug-likeness (QED) is 0.808. The van der Waals surface area contributed by atoms with Gasteiger partial charge in [-0.25, -0.2) is 0 Å². The van der Waals surface area contributed by atoms with Crippen molar-refractivity contribution in [1.29, 1.82) is 0 Å². The van der Waals surface area contributed by atoms with Gasteiger partial charge >= 0.3 is 0 Å². The molecule has 0 spiro atoms. The number of hydrogen-bond acceptors (Lipinski definition) is 2. The Balaban J connectivity index is 1.67. The van der Waals surface area contributed by atoms with Crippen LogP contribution in [0.5, 0.6) is 0 Å². The SMILES string of the molecule is CCCN1C(=S)N[C@@H](c2ccccn2)[C@@H]1c1ccn(C2CCCC2)c1. The molecular formula is C20H26N4S. The maximum Gasteiger partial charge on any atom is 0.170 e. The minimum absolute atomic E-state index is 0.111. The lowest BCUT2D eigenvalue weighted by molar-refractivity contribution is 0.317. The highest BCUT2D eigenvalue weighted by Gasteiger charge is 2.39. The first kappa shape index (κ1) is 16.6. The highest BCUT2D eigenvalue weighted by atomic mass is 32.1. The van der Waals surface area contributed by atoms with Gasteiger partial charge in [0.2, 0.25) is 0 Å². The molecule has 1 saturated carbocycles. The number of nitrogens with one attached hydrogen (secondary N) is 1. The fraction of sp³-hybridized carbons (Fsp3) is 0.500. The molecule has 3 heterocycles. The molecule has 1 N–H and O–H groups in total. The van der Waals surface area contributed by atoms with E-state index in [9.17, 15) is 0 Å². The molecule has 4 rings (SSSR count). The Bertz CT molecular complexity index is 720. The fourth-order valence-electron chi connectivity index (χ4n) is 4.29. The first-order valence-corrected chi connectivity index (χ1v) is 9.84. The molecule has 25 heavy (non-hydrogen) atoms. The van der Waals surface area contributed by atoms with E-state index < -0.39 is 0 Å². The molecule has 0 bridgehead atoms. The van der Waals surface area contributed by atoms with Crippen LogP contribution in [0.3, 0.4) is 0 Å². The van der Waals surface area contributed by atoms with Crippen molar-refractivity contribution in [2.75, 3.05) is 6.54 Å². The van der Waals surface area contributed by atoms with Crippen molar-refractivity contribution in [2.45, 2.75) is 57.2 Å². The van der Waals surface area contributed by atoms with Gasteiger partial charge in [-0.2, -0.15) is 0 Å². The second-order valence-electron chi connectivity index (χ2n) is 7.15. The molecule has 2 fully saturated rings. The third-order valence-electron chi connectivity index (χ3n) is 5.49. The zero-order chi connectivity index (χ0) is 17.2. The van der Waals surface area contributed by atoms with E-state index in [4.69, 9.17) is 12.2 Å². The lowest BCUT2D eigenvalue weighted by Crippen LogP contribution is -2.30. The van der Waals surface area contributed by atoms with Crippen molar-refractivity contribution in [1.82, 2.24) is 19.8 Å². The van der Waals surface area contributed by atoms with Gasteiger partial charge in [-0.3, -0.25) is 4.98 Å². The number of hydrogen-bond donors (Lipinski definition) is 1. The highest BCUT2D eigenvalue weighted by Crippen LogP contribution is 2.39. The molecular weight excluding hydrogens is 328 g/mol. The Morgan fingerprint density at radius 1 is 1.24 bits per heavy atom. The Labute approximate surface area is 155 Å². The largest absolute Gasteiger partial charge is 0.352 e. The maximum absolute atomic E-state index is 5.65. The van der Waals surface area contributed by atoms with Crippen LogP contribution in [0.25, 0.3) is 0 Å². The monoisotopic (exact) mass is 354 g/mol. The summed E-state index contributed by atoms with van der Waals surface area (Å²) in [6.45, 7) is 3.17. The number of nitrogens with zero attached hydrogens (tertiary/aromatic N) is 3. The molecule has 2 atom stereocenters. The third-order valence-corrected chi connectivity index (χ3v) is 5.84. The van der Waals surface area contributed by atoms with E-state index in [0.29, 0.717) is 6.04 Å². The molecule has 2 aromatic rings. The van der Waals surface area contributed by atoms with Crippen molar-refractivity contribution in [3.05, 3.63) is 54.1 Å². The summed E-state index contributed by atoms with van der Waals surface area (Å²) in [6, 6.07) is 9.38. The van der Waals surface area contributed by atoms with Gasteiger partial charge in [-0.15, -0.1) is 0 Å². The normalized spacial score (nSPS) is 24.0. The van der Waals surface area contributed by atoms with Gasteiger partial charge < -0.3 is 14.8 Å². The standard InChI is InChI=1S/C20H26N4S/c1-2-12-24-19(15-10-13-23(14-15)16-7-3-4-8-16)18(22-20(24)25)17-9-5-6-11-21-17/h5-6,9-11,13-14,16,18-19H,2-4,7-8,12H2,1H3,(H,22,25)/t18-,19-/m0/s1. The van der Waals surface area contributed by atoms with Gasteiger partial charge in [0, 0.05) is 31.2 Å². The minimum atomic E-state index is 0.111. The summed E-state index contributed by atoms with van der Waals surface area (Å²) in [7, 11) is 0. The maximum atomic E-state index is 5.65. The molecule has 0 aromatic carbocycles. The zero-order valence-electron chi connectivity index (χ0n) is 14.8. The highest BCUT2D eigenvalue weighted by molar-refractivity contribution is 7.80. The van der Waals surface area contributed by atoms with Gasteiger partial charge in [0.05, 0.1) is 17.8 Å². The first-order valence-electron chi connectivity index (χ1n) is 9.43. The first-order chi connectivity index (χ1) is 12.3. The predicted octanol–water partition coefficient (Wildman–Crippen LogP) is 4.38. The fourth-order valence-corrected chi connectivity index (χ4v) is 4.62. The molecule has 1 saturated heterocycles. The minimum Gasteiger partial charge on any atom is -0.352 e. The van der Waals surface area contributed by atoms with Gasteiger partial charge in [0.1, 0.15) is 0 Å². The Kier molecular flexibility index (Phi) is 4.75. The number of thiocarbonyl (C=S) groups is 1. The van der Waals surface area contributed by atoms with Crippen LogP contribution < -0.4 is 5.32 Å². The molecule has 2 aromatic heterocycles. The van der Waals surface area contributed by atoms with Crippen molar-refractivity contribution in [2.24, 2.45) is 0 Å². The van der Waals surface area contributed by atoms with Gasteiger partial charge in [-0.05, 0) is 55.2 Å². The van der Waals surface area contributed by atoms with E-state index in [2.05, 4.69) is 57.3 Å². The summed E-state index contributed by atoms with van der Waals surface area (Å²) in [5, 5.41) is 4.36. The molecule has 0 amide bonds. The summed E-state index contributed by atoms with van der Waals surface area (Å²) < 4.78 is 2.42. The van der Waals surface area contributed by atoms with E-state index in [0.717, 1.165) is 23.8 Å². The van der Waals surface area contributed by atoms with E-state index in [-0.39, 0.29) is 12.1 Å². The summed E-state index contributed by atoms with van der Waals surface area (Å²) >= 11 is 5.65.